The highest BCUT2D eigenvalue weighted by Gasteiger charge is 2.29. The highest BCUT2D eigenvalue weighted by Crippen LogP contribution is 2.33. The highest BCUT2D eigenvalue weighted by molar-refractivity contribution is 5.60. The van der Waals surface area contributed by atoms with Gasteiger partial charge >= 0.3 is 6.61 Å². The number of benzene rings is 1. The Balaban J connectivity index is 1.76. The molecule has 8 heteroatoms. The molecule has 0 spiro atoms. The molecule has 0 bridgehead atoms. The Morgan fingerprint density at radius 3 is 2.75 bits per heavy atom. The largest absolute Gasteiger partial charge is 0.493 e. The van der Waals surface area contributed by atoms with Crippen LogP contribution in [0.3, 0.4) is 0 Å². The molecule has 0 saturated heterocycles. The summed E-state index contributed by atoms with van der Waals surface area (Å²) in [6, 6.07) is 5.15. The molecule has 1 aliphatic carbocycles. The van der Waals surface area contributed by atoms with Crippen LogP contribution in [0.2, 0.25) is 0 Å². The van der Waals surface area contributed by atoms with Gasteiger partial charge in [-0.2, -0.15) is 13.8 Å². The molecule has 0 atom stereocenters. The van der Waals surface area contributed by atoms with E-state index in [-0.39, 0.29) is 11.5 Å². The van der Waals surface area contributed by atoms with Crippen molar-refractivity contribution >= 4 is 0 Å². The number of aromatic nitrogens is 2. The van der Waals surface area contributed by atoms with E-state index in [0.717, 1.165) is 6.54 Å². The van der Waals surface area contributed by atoms with E-state index in [0.29, 0.717) is 29.9 Å². The monoisotopic (exact) mass is 339 g/mol. The number of rotatable bonds is 8. The van der Waals surface area contributed by atoms with E-state index >= 15 is 0 Å². The number of nitrogens with zero attached hydrogens (tertiary/aromatic N) is 3. The van der Waals surface area contributed by atoms with Crippen molar-refractivity contribution in [3.63, 3.8) is 0 Å². The van der Waals surface area contributed by atoms with Gasteiger partial charge in [0, 0.05) is 11.6 Å². The predicted octanol–water partition coefficient (Wildman–Crippen LogP) is 3.33. The van der Waals surface area contributed by atoms with Gasteiger partial charge in [0.2, 0.25) is 11.7 Å². The zero-order valence-corrected chi connectivity index (χ0v) is 13.5. The molecule has 1 fully saturated rings. The van der Waals surface area contributed by atoms with Crippen molar-refractivity contribution in [3.05, 3.63) is 24.1 Å². The minimum Gasteiger partial charge on any atom is -0.493 e. The van der Waals surface area contributed by atoms with Crippen molar-refractivity contribution in [1.29, 1.82) is 0 Å². The molecule has 0 amide bonds. The fourth-order valence-corrected chi connectivity index (χ4v) is 2.55. The highest BCUT2D eigenvalue weighted by atomic mass is 19.3. The first-order chi connectivity index (χ1) is 11.6. The predicted molar refractivity (Wildman–Crippen MR) is 82.0 cm³/mol. The summed E-state index contributed by atoms with van der Waals surface area (Å²) in [6.07, 6.45) is 2.41. The topological polar surface area (TPSA) is 60.6 Å². The average Bonchev–Trinajstić information content (AvgIpc) is 3.31. The molecule has 2 aromatic rings. The molecule has 1 aromatic heterocycles. The fraction of sp³-hybridized carbons (Fsp3) is 0.500. The summed E-state index contributed by atoms with van der Waals surface area (Å²) in [4.78, 5) is 6.67. The SMILES string of the molecule is CCN(Cc1nc(-c2ccc(OC(F)F)c(OC)c2)no1)C1CC1. The van der Waals surface area contributed by atoms with Gasteiger partial charge in [0.15, 0.2) is 11.5 Å². The van der Waals surface area contributed by atoms with E-state index < -0.39 is 6.61 Å². The minimum absolute atomic E-state index is 0.0362. The van der Waals surface area contributed by atoms with Crippen LogP contribution in [-0.4, -0.2) is 41.3 Å². The van der Waals surface area contributed by atoms with Crippen LogP contribution in [0, 0.1) is 0 Å². The first-order valence-electron chi connectivity index (χ1n) is 7.80. The van der Waals surface area contributed by atoms with E-state index in [1.807, 2.05) is 0 Å². The molecule has 0 radical (unpaired) electrons. The number of alkyl halides is 2. The number of hydrogen-bond acceptors (Lipinski definition) is 6. The first kappa shape index (κ1) is 16.6. The molecule has 3 rings (SSSR count). The number of hydrogen-bond donors (Lipinski definition) is 0. The Labute approximate surface area is 138 Å². The molecule has 0 N–H and O–H groups in total. The lowest BCUT2D eigenvalue weighted by molar-refractivity contribution is -0.0512. The molecular formula is C16H19F2N3O3. The molecule has 6 nitrogen and oxygen atoms in total. The normalized spacial score (nSPS) is 14.4. The Bertz CT molecular complexity index is 689. The molecule has 1 aliphatic rings. The molecule has 1 heterocycles. The Hall–Kier alpha value is -2.22. The first-order valence-corrected chi connectivity index (χ1v) is 7.80. The lowest BCUT2D eigenvalue weighted by Gasteiger charge is -2.16. The van der Waals surface area contributed by atoms with Crippen LogP contribution in [-0.2, 0) is 6.54 Å². The van der Waals surface area contributed by atoms with E-state index in [1.165, 1.54) is 26.0 Å². The van der Waals surface area contributed by atoms with Crippen molar-refractivity contribution in [2.24, 2.45) is 0 Å². The smallest absolute Gasteiger partial charge is 0.387 e. The molecule has 1 saturated carbocycles. The zero-order chi connectivity index (χ0) is 17.1. The third-order valence-electron chi connectivity index (χ3n) is 3.91. The summed E-state index contributed by atoms with van der Waals surface area (Å²) in [5.74, 6) is 1.07. The van der Waals surface area contributed by atoms with Gasteiger partial charge in [-0.15, -0.1) is 0 Å². The van der Waals surface area contributed by atoms with Gasteiger partial charge in [-0.05, 0) is 37.6 Å². The summed E-state index contributed by atoms with van der Waals surface area (Å²) in [7, 11) is 1.38. The summed E-state index contributed by atoms with van der Waals surface area (Å²) in [6.45, 7) is 0.722. The van der Waals surface area contributed by atoms with Crippen molar-refractivity contribution in [3.8, 4) is 22.9 Å². The number of halogens is 2. The van der Waals surface area contributed by atoms with Gasteiger partial charge in [0.25, 0.3) is 0 Å². The molecule has 130 valence electrons. The quantitative estimate of drug-likeness (QED) is 0.735. The minimum atomic E-state index is -2.91. The van der Waals surface area contributed by atoms with Gasteiger partial charge < -0.3 is 14.0 Å². The van der Waals surface area contributed by atoms with Crippen molar-refractivity contribution in [2.45, 2.75) is 39.0 Å². The third kappa shape index (κ3) is 3.81. The Morgan fingerprint density at radius 2 is 2.12 bits per heavy atom. The van der Waals surface area contributed by atoms with E-state index in [2.05, 4.69) is 26.7 Å². The van der Waals surface area contributed by atoms with Crippen LogP contribution in [0.25, 0.3) is 11.4 Å². The summed E-state index contributed by atoms with van der Waals surface area (Å²) in [5.41, 5.74) is 0.609. The van der Waals surface area contributed by atoms with Crippen LogP contribution >= 0.6 is 0 Å². The lowest BCUT2D eigenvalue weighted by Crippen LogP contribution is -2.25. The van der Waals surface area contributed by atoms with E-state index in [4.69, 9.17) is 9.26 Å². The van der Waals surface area contributed by atoms with Crippen molar-refractivity contribution < 1.29 is 22.8 Å². The second kappa shape index (κ2) is 7.12. The fourth-order valence-electron chi connectivity index (χ4n) is 2.55. The molecular weight excluding hydrogens is 320 g/mol. The molecule has 1 aromatic carbocycles. The summed E-state index contributed by atoms with van der Waals surface area (Å²) < 4.78 is 39.5. The molecule has 0 aliphatic heterocycles. The number of ether oxygens (including phenoxy) is 2. The second-order valence-electron chi connectivity index (χ2n) is 5.55. The van der Waals surface area contributed by atoms with Crippen LogP contribution in [0.4, 0.5) is 8.78 Å². The van der Waals surface area contributed by atoms with Gasteiger partial charge in [-0.1, -0.05) is 12.1 Å². The van der Waals surface area contributed by atoms with Gasteiger partial charge in [-0.25, -0.2) is 0 Å². The van der Waals surface area contributed by atoms with E-state index in [1.54, 1.807) is 12.1 Å². The molecule has 0 unspecified atom stereocenters. The van der Waals surface area contributed by atoms with Crippen molar-refractivity contribution in [2.75, 3.05) is 13.7 Å². The van der Waals surface area contributed by atoms with Crippen LogP contribution in [0.15, 0.2) is 22.7 Å². The maximum atomic E-state index is 12.4. The van der Waals surface area contributed by atoms with Crippen molar-refractivity contribution in [1.82, 2.24) is 15.0 Å². The van der Waals surface area contributed by atoms with E-state index in [9.17, 15) is 8.78 Å². The zero-order valence-electron chi connectivity index (χ0n) is 13.5. The van der Waals surface area contributed by atoms with Crippen LogP contribution in [0.1, 0.15) is 25.7 Å². The number of methoxy groups -OCH3 is 1. The van der Waals surface area contributed by atoms with Gasteiger partial charge in [-0.3, -0.25) is 4.90 Å². The van der Waals surface area contributed by atoms with Gasteiger partial charge in [0.05, 0.1) is 13.7 Å². The Kier molecular flexibility index (Phi) is 4.94. The lowest BCUT2D eigenvalue weighted by atomic mass is 10.2. The Morgan fingerprint density at radius 1 is 1.33 bits per heavy atom. The summed E-state index contributed by atoms with van der Waals surface area (Å²) in [5, 5.41) is 3.96. The maximum absolute atomic E-state index is 12.4. The second-order valence-corrected chi connectivity index (χ2v) is 5.55. The average molecular weight is 339 g/mol. The molecule has 24 heavy (non-hydrogen) atoms. The van der Waals surface area contributed by atoms with Crippen LogP contribution in [0.5, 0.6) is 11.5 Å². The standard InChI is InChI=1S/C16H19F2N3O3/c1-3-21(11-5-6-11)9-14-19-15(20-24-14)10-4-7-12(23-16(17)18)13(8-10)22-2/h4,7-8,11,16H,3,5-6,9H2,1-2H3. The third-order valence-corrected chi connectivity index (χ3v) is 3.91. The summed E-state index contributed by atoms with van der Waals surface area (Å²) >= 11 is 0. The van der Waals surface area contributed by atoms with Gasteiger partial charge in [0.1, 0.15) is 0 Å². The van der Waals surface area contributed by atoms with Crippen LogP contribution < -0.4 is 9.47 Å². The maximum Gasteiger partial charge on any atom is 0.387 e.